The van der Waals surface area contributed by atoms with Crippen LogP contribution in [0.3, 0.4) is 0 Å². The van der Waals surface area contributed by atoms with Gasteiger partial charge < -0.3 is 10.5 Å². The molecule has 0 bridgehead atoms. The average molecular weight is 322 g/mol. The Morgan fingerprint density at radius 2 is 2.00 bits per heavy atom. The van der Waals surface area contributed by atoms with E-state index in [1.807, 2.05) is 48.5 Å². The van der Waals surface area contributed by atoms with Crippen LogP contribution >= 0.6 is 23.4 Å². The lowest BCUT2D eigenvalue weighted by Gasteiger charge is -2.16. The van der Waals surface area contributed by atoms with E-state index in [9.17, 15) is 0 Å². The van der Waals surface area contributed by atoms with Crippen LogP contribution in [0.5, 0.6) is 5.75 Å². The summed E-state index contributed by atoms with van der Waals surface area (Å²) in [4.78, 5) is 1.13. The fourth-order valence-electron chi connectivity index (χ4n) is 1.96. The molecule has 2 aromatic carbocycles. The smallest absolute Gasteiger partial charge is 0.124 e. The lowest BCUT2D eigenvalue weighted by molar-refractivity contribution is 0.313. The number of hydrogen-bond donors (Lipinski definition) is 1. The second-order valence-corrected chi connectivity index (χ2v) is 6.29. The third kappa shape index (κ3) is 4.95. The van der Waals surface area contributed by atoms with Gasteiger partial charge in [0.05, 0.1) is 6.61 Å². The number of ether oxygens (including phenoxy) is 1. The summed E-state index contributed by atoms with van der Waals surface area (Å²) in [6.07, 6.45) is 0.987. The lowest BCUT2D eigenvalue weighted by atomic mass is 10.1. The normalized spacial score (nSPS) is 12.1. The number of hydrogen-bond acceptors (Lipinski definition) is 3. The number of thioether (sulfide) groups is 1. The fourth-order valence-corrected chi connectivity index (χ4v) is 3.15. The van der Waals surface area contributed by atoms with Crippen molar-refractivity contribution in [1.82, 2.24) is 0 Å². The summed E-state index contributed by atoms with van der Waals surface area (Å²) < 4.78 is 5.77. The first-order valence-corrected chi connectivity index (χ1v) is 8.42. The van der Waals surface area contributed by atoms with Gasteiger partial charge in [0, 0.05) is 27.3 Å². The van der Waals surface area contributed by atoms with Crippen LogP contribution in [0.15, 0.2) is 53.4 Å². The molecule has 112 valence electrons. The van der Waals surface area contributed by atoms with Crippen molar-refractivity contribution in [2.24, 2.45) is 5.73 Å². The molecule has 21 heavy (non-hydrogen) atoms. The highest BCUT2D eigenvalue weighted by atomic mass is 35.5. The van der Waals surface area contributed by atoms with Crippen molar-refractivity contribution in [2.75, 3.05) is 12.4 Å². The van der Waals surface area contributed by atoms with E-state index in [1.54, 1.807) is 11.8 Å². The van der Waals surface area contributed by atoms with Gasteiger partial charge in [0.2, 0.25) is 0 Å². The van der Waals surface area contributed by atoms with Crippen molar-refractivity contribution in [1.29, 1.82) is 0 Å². The van der Waals surface area contributed by atoms with Gasteiger partial charge in [-0.3, -0.25) is 0 Å². The Morgan fingerprint density at radius 3 is 2.76 bits per heavy atom. The summed E-state index contributed by atoms with van der Waals surface area (Å²) in [6.45, 7) is 2.81. The number of benzene rings is 2. The Morgan fingerprint density at radius 1 is 1.19 bits per heavy atom. The van der Waals surface area contributed by atoms with Crippen molar-refractivity contribution >= 4 is 23.4 Å². The molecule has 0 amide bonds. The standard InChI is InChI=1S/C17H20ClNOS/c1-2-10-20-17-9-4-3-8-15(17)16(19)12-21-14-7-5-6-13(18)11-14/h3-9,11,16H,2,10,12,19H2,1H3. The maximum atomic E-state index is 6.32. The molecule has 0 saturated carbocycles. The zero-order valence-electron chi connectivity index (χ0n) is 12.1. The van der Waals surface area contributed by atoms with E-state index < -0.39 is 0 Å². The van der Waals surface area contributed by atoms with Crippen molar-refractivity contribution in [2.45, 2.75) is 24.3 Å². The largest absolute Gasteiger partial charge is 0.493 e. The van der Waals surface area contributed by atoms with Gasteiger partial charge in [-0.05, 0) is 30.7 Å². The third-order valence-electron chi connectivity index (χ3n) is 3.01. The molecule has 2 rings (SSSR count). The van der Waals surface area contributed by atoms with E-state index in [4.69, 9.17) is 22.1 Å². The van der Waals surface area contributed by atoms with Crippen LogP contribution in [0.2, 0.25) is 5.02 Å². The minimum Gasteiger partial charge on any atom is -0.493 e. The van der Waals surface area contributed by atoms with Gasteiger partial charge in [0.15, 0.2) is 0 Å². The highest BCUT2D eigenvalue weighted by molar-refractivity contribution is 7.99. The molecule has 0 aliphatic rings. The van der Waals surface area contributed by atoms with Gasteiger partial charge in [-0.1, -0.05) is 42.8 Å². The molecule has 2 aromatic rings. The van der Waals surface area contributed by atoms with Gasteiger partial charge in [0.1, 0.15) is 5.75 Å². The highest BCUT2D eigenvalue weighted by Crippen LogP contribution is 2.29. The number of nitrogens with two attached hydrogens (primary N) is 1. The number of halogens is 1. The van der Waals surface area contributed by atoms with Crippen molar-refractivity contribution in [3.8, 4) is 5.75 Å². The van der Waals surface area contributed by atoms with Crippen molar-refractivity contribution < 1.29 is 4.74 Å². The molecule has 0 saturated heterocycles. The topological polar surface area (TPSA) is 35.2 Å². The Kier molecular flexibility index (Phi) is 6.43. The molecule has 0 fully saturated rings. The minimum absolute atomic E-state index is 0.0676. The molecule has 0 aromatic heterocycles. The summed E-state index contributed by atoms with van der Waals surface area (Å²) in [5, 5.41) is 0.750. The van der Waals surface area contributed by atoms with E-state index in [-0.39, 0.29) is 6.04 Å². The molecule has 1 unspecified atom stereocenters. The minimum atomic E-state index is -0.0676. The zero-order chi connectivity index (χ0) is 15.1. The Labute approximate surface area is 135 Å². The molecule has 0 aliphatic carbocycles. The van der Waals surface area contributed by atoms with Gasteiger partial charge in [-0.2, -0.15) is 0 Å². The molecule has 0 heterocycles. The maximum absolute atomic E-state index is 6.32. The SMILES string of the molecule is CCCOc1ccccc1C(N)CSc1cccc(Cl)c1. The summed E-state index contributed by atoms with van der Waals surface area (Å²) >= 11 is 7.70. The van der Waals surface area contributed by atoms with Crippen molar-refractivity contribution in [3.05, 3.63) is 59.1 Å². The first-order valence-electron chi connectivity index (χ1n) is 7.06. The first-order chi connectivity index (χ1) is 10.2. The molecule has 4 heteroatoms. The molecule has 0 radical (unpaired) electrons. The van der Waals surface area contributed by atoms with Gasteiger partial charge in [-0.15, -0.1) is 11.8 Å². The monoisotopic (exact) mass is 321 g/mol. The van der Waals surface area contributed by atoms with E-state index in [1.165, 1.54) is 0 Å². The molecule has 0 spiro atoms. The highest BCUT2D eigenvalue weighted by Gasteiger charge is 2.12. The van der Waals surface area contributed by atoms with Crippen LogP contribution < -0.4 is 10.5 Å². The van der Waals surface area contributed by atoms with E-state index in [0.29, 0.717) is 6.61 Å². The first kappa shape index (κ1) is 16.2. The summed E-state index contributed by atoms with van der Waals surface area (Å²) in [7, 11) is 0. The lowest BCUT2D eigenvalue weighted by Crippen LogP contribution is -2.14. The Bertz CT molecular complexity index is 576. The molecule has 2 N–H and O–H groups in total. The molecule has 1 atom stereocenters. The van der Waals surface area contributed by atoms with Gasteiger partial charge in [0.25, 0.3) is 0 Å². The number of rotatable bonds is 7. The third-order valence-corrected chi connectivity index (χ3v) is 4.35. The van der Waals surface area contributed by atoms with Gasteiger partial charge in [-0.25, -0.2) is 0 Å². The summed E-state index contributed by atoms with van der Waals surface area (Å²) in [5.41, 5.74) is 7.38. The van der Waals surface area contributed by atoms with Crippen LogP contribution in [0.25, 0.3) is 0 Å². The molecule has 2 nitrogen and oxygen atoms in total. The Hall–Kier alpha value is -1.16. The van der Waals surface area contributed by atoms with Crippen LogP contribution in [0.4, 0.5) is 0 Å². The average Bonchev–Trinajstić information content (AvgIpc) is 2.51. The molecular weight excluding hydrogens is 302 g/mol. The molecule has 0 aliphatic heterocycles. The van der Waals surface area contributed by atoms with E-state index >= 15 is 0 Å². The summed E-state index contributed by atoms with van der Waals surface area (Å²) in [5.74, 6) is 1.67. The predicted molar refractivity (Wildman–Crippen MR) is 91.3 cm³/mol. The van der Waals surface area contributed by atoms with E-state index in [2.05, 4.69) is 6.92 Å². The van der Waals surface area contributed by atoms with Crippen LogP contribution in [0.1, 0.15) is 24.9 Å². The van der Waals surface area contributed by atoms with Crippen LogP contribution in [-0.2, 0) is 0 Å². The second-order valence-electron chi connectivity index (χ2n) is 4.76. The van der Waals surface area contributed by atoms with Crippen molar-refractivity contribution in [3.63, 3.8) is 0 Å². The maximum Gasteiger partial charge on any atom is 0.124 e. The predicted octanol–water partition coefficient (Wildman–Crippen LogP) is 4.92. The van der Waals surface area contributed by atoms with Crippen LogP contribution in [0, 0.1) is 0 Å². The fraction of sp³-hybridized carbons (Fsp3) is 0.294. The number of para-hydroxylation sites is 1. The quantitative estimate of drug-likeness (QED) is 0.735. The summed E-state index contributed by atoms with van der Waals surface area (Å²) in [6, 6.07) is 15.8. The Balaban J connectivity index is 2.01. The second kappa shape index (κ2) is 8.32. The zero-order valence-corrected chi connectivity index (χ0v) is 13.7. The molecular formula is C17H20ClNOS. The van der Waals surface area contributed by atoms with E-state index in [0.717, 1.165) is 33.4 Å². The van der Waals surface area contributed by atoms with Gasteiger partial charge >= 0.3 is 0 Å². The van der Waals surface area contributed by atoms with Crippen LogP contribution in [-0.4, -0.2) is 12.4 Å².